The molecule has 1 rings (SSSR count). The van der Waals surface area contributed by atoms with Gasteiger partial charge in [0.25, 0.3) is 0 Å². The van der Waals surface area contributed by atoms with Crippen molar-refractivity contribution in [3.63, 3.8) is 0 Å². The molecule has 1 aromatic rings. The molecule has 3 N–H and O–H groups in total. The Morgan fingerprint density at radius 3 is 3.00 bits per heavy atom. The number of nitrogens with one attached hydrogen (secondary N) is 1. The molecule has 0 unspecified atom stereocenters. The Bertz CT molecular complexity index is 272. The van der Waals surface area contributed by atoms with Gasteiger partial charge in [-0.05, 0) is 0 Å². The number of aromatic nitrogens is 2. The molecule has 0 bridgehead atoms. The van der Waals surface area contributed by atoms with Crippen LogP contribution < -0.4 is 5.73 Å². The summed E-state index contributed by atoms with van der Waals surface area (Å²) in [5, 5.41) is 10.7. The van der Waals surface area contributed by atoms with Gasteiger partial charge < -0.3 is 10.3 Å². The third-order valence-electron chi connectivity index (χ3n) is 1.17. The Morgan fingerprint density at radius 1 is 1.75 bits per heavy atom. The van der Waals surface area contributed by atoms with Crippen LogP contribution >= 0.6 is 11.8 Å². The van der Waals surface area contributed by atoms with Gasteiger partial charge in [-0.25, -0.2) is 0 Å². The van der Waals surface area contributed by atoms with Gasteiger partial charge in [0.1, 0.15) is 0 Å². The van der Waals surface area contributed by atoms with E-state index in [-0.39, 0.29) is 5.17 Å². The van der Waals surface area contributed by atoms with Crippen LogP contribution in [0.15, 0.2) is 4.52 Å². The van der Waals surface area contributed by atoms with E-state index in [0.717, 1.165) is 6.42 Å². The molecule has 0 spiro atoms. The maximum absolute atomic E-state index is 6.95. The van der Waals surface area contributed by atoms with Crippen molar-refractivity contribution in [1.29, 1.82) is 5.41 Å². The zero-order valence-corrected chi connectivity index (χ0v) is 7.52. The fraction of sp³-hybridized carbons (Fsp3) is 0.500. The van der Waals surface area contributed by atoms with Crippen molar-refractivity contribution in [3.05, 3.63) is 11.7 Å². The lowest BCUT2D eigenvalue weighted by Gasteiger charge is -1.90. The van der Waals surface area contributed by atoms with E-state index in [0.29, 0.717) is 17.5 Å². The molecular weight excluding hydrogens is 176 g/mol. The van der Waals surface area contributed by atoms with Crippen molar-refractivity contribution in [3.8, 4) is 0 Å². The monoisotopic (exact) mass is 186 g/mol. The number of amidine groups is 1. The summed E-state index contributed by atoms with van der Waals surface area (Å²) in [4.78, 5) is 4.05. The van der Waals surface area contributed by atoms with Gasteiger partial charge >= 0.3 is 0 Å². The van der Waals surface area contributed by atoms with Crippen LogP contribution in [0.1, 0.15) is 18.6 Å². The van der Waals surface area contributed by atoms with Gasteiger partial charge in [-0.3, -0.25) is 5.41 Å². The van der Waals surface area contributed by atoms with Crippen molar-refractivity contribution in [2.45, 2.75) is 19.1 Å². The first kappa shape index (κ1) is 9.05. The van der Waals surface area contributed by atoms with E-state index in [9.17, 15) is 0 Å². The lowest BCUT2D eigenvalue weighted by molar-refractivity contribution is 0.378. The first-order chi connectivity index (χ1) is 5.72. The third-order valence-corrected chi connectivity index (χ3v) is 1.88. The molecule has 0 radical (unpaired) electrons. The van der Waals surface area contributed by atoms with Crippen LogP contribution in [0.25, 0.3) is 0 Å². The van der Waals surface area contributed by atoms with Crippen molar-refractivity contribution >= 4 is 16.9 Å². The molecule has 1 heterocycles. The maximum atomic E-state index is 6.95. The standard InChI is InChI=1S/C6H10N4OS/c1-2-5-9-4(10-11-5)3-12-6(7)8/h2-3H2,1H3,(H3,7,8). The Hall–Kier alpha value is -1.04. The molecule has 0 atom stereocenters. The van der Waals surface area contributed by atoms with Crippen LogP contribution in [0.2, 0.25) is 0 Å². The first-order valence-corrected chi connectivity index (χ1v) is 4.49. The molecule has 6 heteroatoms. The summed E-state index contributed by atoms with van der Waals surface area (Å²) in [6.45, 7) is 1.94. The highest BCUT2D eigenvalue weighted by molar-refractivity contribution is 8.12. The molecule has 0 aliphatic carbocycles. The summed E-state index contributed by atoms with van der Waals surface area (Å²) in [5.74, 6) is 1.71. The highest BCUT2D eigenvalue weighted by Gasteiger charge is 2.04. The Labute approximate surface area is 74.2 Å². The molecule has 0 amide bonds. The topological polar surface area (TPSA) is 88.8 Å². The SMILES string of the molecule is CCc1nc(CSC(=N)N)no1. The Kier molecular flexibility index (Phi) is 3.09. The number of aryl methyl sites for hydroxylation is 1. The van der Waals surface area contributed by atoms with Crippen molar-refractivity contribution in [1.82, 2.24) is 10.1 Å². The summed E-state index contributed by atoms with van der Waals surface area (Å²) < 4.78 is 4.86. The van der Waals surface area contributed by atoms with Crippen LogP contribution in [-0.2, 0) is 12.2 Å². The van der Waals surface area contributed by atoms with Crippen LogP contribution in [0, 0.1) is 5.41 Å². The fourth-order valence-electron chi connectivity index (χ4n) is 0.635. The average molecular weight is 186 g/mol. The molecule has 0 saturated heterocycles. The minimum Gasteiger partial charge on any atom is -0.379 e. The highest BCUT2D eigenvalue weighted by Crippen LogP contribution is 2.08. The van der Waals surface area contributed by atoms with E-state index < -0.39 is 0 Å². The summed E-state index contributed by atoms with van der Waals surface area (Å²) >= 11 is 1.18. The molecular formula is C6H10N4OS. The summed E-state index contributed by atoms with van der Waals surface area (Å²) in [7, 11) is 0. The fourth-order valence-corrected chi connectivity index (χ4v) is 1.04. The van der Waals surface area contributed by atoms with E-state index in [2.05, 4.69) is 10.1 Å². The molecule has 0 fully saturated rings. The van der Waals surface area contributed by atoms with Gasteiger partial charge in [-0.2, -0.15) is 4.98 Å². The van der Waals surface area contributed by atoms with Crippen LogP contribution in [0.5, 0.6) is 0 Å². The van der Waals surface area contributed by atoms with Crippen LogP contribution in [0.4, 0.5) is 0 Å². The second-order valence-corrected chi connectivity index (χ2v) is 3.13. The molecule has 1 aromatic heterocycles. The molecule has 0 aliphatic heterocycles. The van der Waals surface area contributed by atoms with E-state index in [1.807, 2.05) is 6.92 Å². The highest BCUT2D eigenvalue weighted by atomic mass is 32.2. The van der Waals surface area contributed by atoms with E-state index in [1.54, 1.807) is 0 Å². The molecule has 66 valence electrons. The quantitative estimate of drug-likeness (QED) is 0.537. The minimum absolute atomic E-state index is 0.0675. The van der Waals surface area contributed by atoms with Gasteiger partial charge in [0, 0.05) is 6.42 Å². The van der Waals surface area contributed by atoms with Gasteiger partial charge in [-0.15, -0.1) is 0 Å². The van der Waals surface area contributed by atoms with Gasteiger partial charge in [0.15, 0.2) is 11.0 Å². The smallest absolute Gasteiger partial charge is 0.226 e. The Balaban J connectivity index is 2.47. The largest absolute Gasteiger partial charge is 0.379 e. The molecule has 0 saturated carbocycles. The molecule has 0 aliphatic rings. The Morgan fingerprint density at radius 2 is 2.50 bits per heavy atom. The van der Waals surface area contributed by atoms with E-state index >= 15 is 0 Å². The number of rotatable bonds is 3. The summed E-state index contributed by atoms with van der Waals surface area (Å²) in [5.41, 5.74) is 5.14. The molecule has 5 nitrogen and oxygen atoms in total. The minimum atomic E-state index is 0.0675. The number of nitrogens with two attached hydrogens (primary N) is 1. The van der Waals surface area contributed by atoms with E-state index in [4.69, 9.17) is 15.7 Å². The second kappa shape index (κ2) is 4.10. The predicted octanol–water partition coefficient (Wildman–Crippen LogP) is 0.759. The second-order valence-electron chi connectivity index (χ2n) is 2.11. The zero-order valence-electron chi connectivity index (χ0n) is 6.70. The maximum Gasteiger partial charge on any atom is 0.226 e. The molecule has 0 aromatic carbocycles. The van der Waals surface area contributed by atoms with E-state index in [1.165, 1.54) is 11.8 Å². The summed E-state index contributed by atoms with van der Waals surface area (Å²) in [6, 6.07) is 0. The van der Waals surface area contributed by atoms with Crippen molar-refractivity contribution in [2.24, 2.45) is 5.73 Å². The lowest BCUT2D eigenvalue weighted by Crippen LogP contribution is -2.04. The number of hydrogen-bond donors (Lipinski definition) is 2. The number of thioether (sulfide) groups is 1. The first-order valence-electron chi connectivity index (χ1n) is 3.50. The predicted molar refractivity (Wildman–Crippen MR) is 46.9 cm³/mol. The summed E-state index contributed by atoms with van der Waals surface area (Å²) in [6.07, 6.45) is 0.734. The number of hydrogen-bond acceptors (Lipinski definition) is 5. The van der Waals surface area contributed by atoms with Gasteiger partial charge in [0.05, 0.1) is 5.75 Å². The van der Waals surface area contributed by atoms with Crippen LogP contribution in [-0.4, -0.2) is 15.3 Å². The van der Waals surface area contributed by atoms with Crippen molar-refractivity contribution < 1.29 is 4.52 Å². The lowest BCUT2D eigenvalue weighted by atomic mass is 10.5. The average Bonchev–Trinajstić information content (AvgIpc) is 2.48. The van der Waals surface area contributed by atoms with Gasteiger partial charge in [0.2, 0.25) is 5.89 Å². The normalized spacial score (nSPS) is 10.1. The number of nitrogens with zero attached hydrogens (tertiary/aromatic N) is 2. The van der Waals surface area contributed by atoms with Crippen molar-refractivity contribution in [2.75, 3.05) is 0 Å². The third kappa shape index (κ3) is 2.54. The van der Waals surface area contributed by atoms with Gasteiger partial charge in [-0.1, -0.05) is 23.8 Å². The molecule has 12 heavy (non-hydrogen) atoms. The zero-order chi connectivity index (χ0) is 8.97. The van der Waals surface area contributed by atoms with Crippen LogP contribution in [0.3, 0.4) is 0 Å².